The third kappa shape index (κ3) is 2.58. The van der Waals surface area contributed by atoms with E-state index in [1.54, 1.807) is 0 Å². The van der Waals surface area contributed by atoms with Gasteiger partial charge in [-0.1, -0.05) is 48.5 Å². The minimum absolute atomic E-state index is 0.0270. The number of nitrogens with zero attached hydrogens (tertiary/aromatic N) is 1. The lowest BCUT2D eigenvalue weighted by Crippen LogP contribution is -2.41. The molecule has 0 bridgehead atoms. The monoisotopic (exact) mass is 267 g/mol. The summed E-state index contributed by atoms with van der Waals surface area (Å²) < 4.78 is 5.82. The smallest absolute Gasteiger partial charge is 0.256 e. The second-order valence-corrected chi connectivity index (χ2v) is 4.85. The van der Waals surface area contributed by atoms with E-state index in [2.05, 4.69) is 0 Å². The van der Waals surface area contributed by atoms with Gasteiger partial charge in [-0.2, -0.15) is 0 Å². The van der Waals surface area contributed by atoms with Gasteiger partial charge in [0.05, 0.1) is 6.61 Å². The van der Waals surface area contributed by atoms with Gasteiger partial charge in [-0.15, -0.1) is 0 Å². The summed E-state index contributed by atoms with van der Waals surface area (Å²) in [7, 11) is 0. The Labute approximate surface area is 118 Å². The van der Waals surface area contributed by atoms with Gasteiger partial charge in [0.1, 0.15) is 0 Å². The van der Waals surface area contributed by atoms with Crippen molar-refractivity contribution in [3.05, 3.63) is 71.8 Å². The standard InChI is InChI=1S/C17H17NO2/c19-16(14-8-3-1-4-9-14)18-12-7-13-20-17(18)15-10-5-2-6-11-15/h1-6,8-11,17H,7,12-13H2/t17-/m0/s1. The Morgan fingerprint density at radius 3 is 2.35 bits per heavy atom. The topological polar surface area (TPSA) is 29.5 Å². The van der Waals surface area contributed by atoms with Crippen molar-refractivity contribution in [1.29, 1.82) is 0 Å². The van der Waals surface area contributed by atoms with Crippen LogP contribution in [-0.2, 0) is 4.74 Å². The molecule has 1 fully saturated rings. The lowest BCUT2D eigenvalue weighted by atomic mass is 10.1. The highest BCUT2D eigenvalue weighted by atomic mass is 16.5. The molecule has 2 aromatic rings. The van der Waals surface area contributed by atoms with Gasteiger partial charge in [-0.05, 0) is 18.6 Å². The quantitative estimate of drug-likeness (QED) is 0.836. The van der Waals surface area contributed by atoms with Crippen molar-refractivity contribution < 1.29 is 9.53 Å². The number of amides is 1. The Hall–Kier alpha value is -2.13. The van der Waals surface area contributed by atoms with Gasteiger partial charge in [0.15, 0.2) is 6.23 Å². The first-order valence-corrected chi connectivity index (χ1v) is 6.89. The molecule has 20 heavy (non-hydrogen) atoms. The minimum atomic E-state index is -0.280. The molecular formula is C17H17NO2. The molecule has 102 valence electrons. The van der Waals surface area contributed by atoms with E-state index in [1.807, 2.05) is 65.6 Å². The van der Waals surface area contributed by atoms with Gasteiger partial charge < -0.3 is 9.64 Å². The first-order chi connectivity index (χ1) is 9.86. The zero-order valence-electron chi connectivity index (χ0n) is 11.2. The molecule has 1 aliphatic heterocycles. The van der Waals surface area contributed by atoms with Crippen LogP contribution < -0.4 is 0 Å². The van der Waals surface area contributed by atoms with E-state index in [1.165, 1.54) is 0 Å². The van der Waals surface area contributed by atoms with Crippen molar-refractivity contribution in [1.82, 2.24) is 4.90 Å². The molecule has 3 nitrogen and oxygen atoms in total. The minimum Gasteiger partial charge on any atom is -0.354 e. The molecule has 0 spiro atoms. The molecule has 1 atom stereocenters. The van der Waals surface area contributed by atoms with E-state index in [4.69, 9.17) is 4.74 Å². The molecule has 1 amide bonds. The van der Waals surface area contributed by atoms with Crippen LogP contribution in [0.1, 0.15) is 28.6 Å². The van der Waals surface area contributed by atoms with Gasteiger partial charge in [-0.3, -0.25) is 4.79 Å². The molecule has 0 unspecified atom stereocenters. The summed E-state index contributed by atoms with van der Waals surface area (Å²) in [5.41, 5.74) is 1.73. The summed E-state index contributed by atoms with van der Waals surface area (Å²) >= 11 is 0. The summed E-state index contributed by atoms with van der Waals surface area (Å²) in [6.45, 7) is 1.42. The van der Waals surface area contributed by atoms with Gasteiger partial charge in [0.25, 0.3) is 5.91 Å². The van der Waals surface area contributed by atoms with Crippen molar-refractivity contribution in [2.24, 2.45) is 0 Å². The Bertz CT molecular complexity index is 568. The maximum Gasteiger partial charge on any atom is 0.256 e. The number of carbonyl (C=O) groups is 1. The van der Waals surface area contributed by atoms with Crippen LogP contribution in [0.4, 0.5) is 0 Å². The SMILES string of the molecule is O=C(c1ccccc1)N1CCCO[C@H]1c1ccccc1. The Morgan fingerprint density at radius 1 is 1.00 bits per heavy atom. The van der Waals surface area contributed by atoms with E-state index >= 15 is 0 Å². The summed E-state index contributed by atoms with van der Waals surface area (Å²) in [4.78, 5) is 14.4. The maximum atomic E-state index is 12.6. The second-order valence-electron chi connectivity index (χ2n) is 4.85. The normalized spacial score (nSPS) is 18.8. The lowest BCUT2D eigenvalue weighted by Gasteiger charge is -2.36. The highest BCUT2D eigenvalue weighted by Crippen LogP contribution is 2.27. The molecule has 0 aliphatic carbocycles. The van der Waals surface area contributed by atoms with E-state index in [0.29, 0.717) is 12.2 Å². The largest absolute Gasteiger partial charge is 0.354 e. The van der Waals surface area contributed by atoms with Crippen molar-refractivity contribution in [3.8, 4) is 0 Å². The van der Waals surface area contributed by atoms with Crippen LogP contribution >= 0.6 is 0 Å². The van der Waals surface area contributed by atoms with Crippen molar-refractivity contribution in [2.45, 2.75) is 12.6 Å². The predicted octanol–water partition coefficient (Wildman–Crippen LogP) is 3.25. The third-order valence-corrected chi connectivity index (χ3v) is 3.47. The third-order valence-electron chi connectivity index (χ3n) is 3.47. The second kappa shape index (κ2) is 5.88. The zero-order valence-corrected chi connectivity index (χ0v) is 11.2. The average Bonchev–Trinajstić information content (AvgIpc) is 2.56. The highest BCUT2D eigenvalue weighted by Gasteiger charge is 2.29. The molecule has 3 heteroatoms. The molecule has 2 aromatic carbocycles. The van der Waals surface area contributed by atoms with Crippen LogP contribution in [0.3, 0.4) is 0 Å². The molecular weight excluding hydrogens is 250 g/mol. The summed E-state index contributed by atoms with van der Waals surface area (Å²) in [6.07, 6.45) is 0.597. The van der Waals surface area contributed by atoms with Crippen molar-refractivity contribution in [3.63, 3.8) is 0 Å². The van der Waals surface area contributed by atoms with Crippen LogP contribution in [0, 0.1) is 0 Å². The lowest BCUT2D eigenvalue weighted by molar-refractivity contribution is -0.0799. The van der Waals surface area contributed by atoms with Crippen LogP contribution in [0.2, 0.25) is 0 Å². The predicted molar refractivity (Wildman–Crippen MR) is 77.2 cm³/mol. The van der Waals surface area contributed by atoms with Crippen LogP contribution in [0.5, 0.6) is 0 Å². The molecule has 1 aliphatic rings. The first kappa shape index (κ1) is 12.9. The maximum absolute atomic E-state index is 12.6. The van der Waals surface area contributed by atoms with E-state index < -0.39 is 0 Å². The molecule has 0 aromatic heterocycles. The summed E-state index contributed by atoms with van der Waals surface area (Å²) in [5, 5.41) is 0. The van der Waals surface area contributed by atoms with Crippen LogP contribution in [0.15, 0.2) is 60.7 Å². The van der Waals surface area contributed by atoms with Crippen LogP contribution in [-0.4, -0.2) is 24.0 Å². The molecule has 0 radical (unpaired) electrons. The first-order valence-electron chi connectivity index (χ1n) is 6.89. The number of ether oxygens (including phenoxy) is 1. The Kier molecular flexibility index (Phi) is 3.79. The Morgan fingerprint density at radius 2 is 1.65 bits per heavy atom. The molecule has 1 saturated heterocycles. The van der Waals surface area contributed by atoms with E-state index in [0.717, 1.165) is 18.5 Å². The number of hydrogen-bond acceptors (Lipinski definition) is 2. The molecule has 0 N–H and O–H groups in total. The molecule has 3 rings (SSSR count). The van der Waals surface area contributed by atoms with Gasteiger partial charge in [0.2, 0.25) is 0 Å². The summed E-state index contributed by atoms with van der Waals surface area (Å²) in [6, 6.07) is 19.3. The van der Waals surface area contributed by atoms with Crippen molar-refractivity contribution >= 4 is 5.91 Å². The highest BCUT2D eigenvalue weighted by molar-refractivity contribution is 5.94. The number of rotatable bonds is 2. The van der Waals surface area contributed by atoms with Crippen molar-refractivity contribution in [2.75, 3.05) is 13.2 Å². The Balaban J connectivity index is 1.88. The number of benzene rings is 2. The van der Waals surface area contributed by atoms with Crippen LogP contribution in [0.25, 0.3) is 0 Å². The fourth-order valence-corrected chi connectivity index (χ4v) is 2.49. The summed E-state index contributed by atoms with van der Waals surface area (Å²) in [5.74, 6) is 0.0270. The van der Waals surface area contributed by atoms with Gasteiger partial charge in [0, 0.05) is 17.7 Å². The molecule has 1 heterocycles. The zero-order chi connectivity index (χ0) is 13.8. The fourth-order valence-electron chi connectivity index (χ4n) is 2.49. The van der Waals surface area contributed by atoms with Gasteiger partial charge in [-0.25, -0.2) is 0 Å². The molecule has 0 saturated carbocycles. The fraction of sp³-hybridized carbons (Fsp3) is 0.235. The number of carbonyl (C=O) groups excluding carboxylic acids is 1. The average molecular weight is 267 g/mol. The van der Waals surface area contributed by atoms with Gasteiger partial charge >= 0.3 is 0 Å². The van der Waals surface area contributed by atoms with E-state index in [9.17, 15) is 4.79 Å². The number of hydrogen-bond donors (Lipinski definition) is 0. The van der Waals surface area contributed by atoms with E-state index in [-0.39, 0.29) is 12.1 Å².